The van der Waals surface area contributed by atoms with E-state index in [1.54, 1.807) is 17.5 Å². The second-order valence-electron chi connectivity index (χ2n) is 8.16. The van der Waals surface area contributed by atoms with E-state index in [9.17, 15) is 5.11 Å². The van der Waals surface area contributed by atoms with Crippen molar-refractivity contribution in [1.29, 1.82) is 0 Å². The molecule has 0 spiro atoms. The predicted molar refractivity (Wildman–Crippen MR) is 120 cm³/mol. The van der Waals surface area contributed by atoms with Gasteiger partial charge in [-0.2, -0.15) is 5.10 Å². The highest BCUT2D eigenvalue weighted by atomic mass is 32.1. The van der Waals surface area contributed by atoms with Crippen LogP contribution in [0.5, 0.6) is 0 Å². The molecule has 4 rings (SSSR count). The normalized spacial score (nSPS) is 15.3. The summed E-state index contributed by atoms with van der Waals surface area (Å²) in [5, 5.41) is 17.9. The average molecular weight is 427 g/mol. The van der Waals surface area contributed by atoms with Gasteiger partial charge in [-0.1, -0.05) is 13.0 Å². The van der Waals surface area contributed by atoms with E-state index >= 15 is 0 Å². The van der Waals surface area contributed by atoms with Crippen molar-refractivity contribution < 1.29 is 5.11 Å². The Morgan fingerprint density at radius 2 is 2.07 bits per heavy atom. The first kappa shape index (κ1) is 21.1. The summed E-state index contributed by atoms with van der Waals surface area (Å²) in [6, 6.07) is 4.11. The Kier molecular flexibility index (Phi) is 6.29. The maximum atomic E-state index is 11.2. The Bertz CT molecular complexity index is 980. The van der Waals surface area contributed by atoms with E-state index in [0.717, 1.165) is 59.9 Å². The number of likely N-dealkylation sites (N-methyl/N-ethyl adjacent to an activating group) is 2. The van der Waals surface area contributed by atoms with Crippen molar-refractivity contribution in [3.8, 4) is 16.5 Å². The van der Waals surface area contributed by atoms with Crippen molar-refractivity contribution >= 4 is 11.3 Å². The summed E-state index contributed by atoms with van der Waals surface area (Å²) in [6.07, 6.45) is 5.20. The number of thiophene rings is 1. The quantitative estimate of drug-likeness (QED) is 0.529. The van der Waals surface area contributed by atoms with E-state index in [1.807, 2.05) is 38.0 Å². The summed E-state index contributed by atoms with van der Waals surface area (Å²) in [5.74, 6) is 0.973. The highest BCUT2D eigenvalue weighted by Gasteiger charge is 2.34. The molecule has 8 heteroatoms. The molecular formula is C22H30N6OS. The van der Waals surface area contributed by atoms with Gasteiger partial charge in [-0.25, -0.2) is 14.6 Å². The van der Waals surface area contributed by atoms with Crippen LogP contribution in [-0.2, 0) is 0 Å². The Hall–Kier alpha value is -2.13. The molecule has 1 saturated carbocycles. The number of aliphatic hydroxyl groups excluding tert-OH is 1. The topological polar surface area (TPSA) is 70.3 Å². The van der Waals surface area contributed by atoms with Gasteiger partial charge in [0.1, 0.15) is 6.23 Å². The van der Waals surface area contributed by atoms with Gasteiger partial charge in [0.15, 0.2) is 0 Å². The Morgan fingerprint density at radius 3 is 2.70 bits per heavy atom. The maximum absolute atomic E-state index is 11.2. The fourth-order valence-electron chi connectivity index (χ4n) is 3.67. The van der Waals surface area contributed by atoms with E-state index in [-0.39, 0.29) is 0 Å². The van der Waals surface area contributed by atoms with Crippen LogP contribution in [0.2, 0.25) is 0 Å². The smallest absolute Gasteiger partial charge is 0.251 e. The molecule has 7 nitrogen and oxygen atoms in total. The molecule has 0 saturated heterocycles. The van der Waals surface area contributed by atoms with Crippen molar-refractivity contribution in [3.05, 3.63) is 46.7 Å². The first-order valence-corrected chi connectivity index (χ1v) is 11.4. The average Bonchev–Trinajstić information content (AvgIpc) is 3.24. The van der Waals surface area contributed by atoms with Gasteiger partial charge in [-0.05, 0) is 57.4 Å². The fourth-order valence-corrected chi connectivity index (χ4v) is 4.45. The van der Waals surface area contributed by atoms with E-state index in [4.69, 9.17) is 4.98 Å². The van der Waals surface area contributed by atoms with Crippen LogP contribution < -0.4 is 0 Å². The molecule has 1 atom stereocenters. The molecule has 3 aromatic heterocycles. The van der Waals surface area contributed by atoms with Gasteiger partial charge in [0.2, 0.25) is 0 Å². The lowest BCUT2D eigenvalue weighted by molar-refractivity contribution is 0.00140. The zero-order valence-corrected chi connectivity index (χ0v) is 18.9. The molecular weight excluding hydrogens is 396 g/mol. The van der Waals surface area contributed by atoms with Crippen LogP contribution in [0.4, 0.5) is 0 Å². The number of hydrogen-bond donors (Lipinski definition) is 1. The Balaban J connectivity index is 1.69. The fraction of sp³-hybridized carbons (Fsp3) is 0.500. The third-order valence-corrected chi connectivity index (χ3v) is 6.44. The first-order valence-electron chi connectivity index (χ1n) is 10.5. The number of aryl methyl sites for hydroxylation is 1. The largest absolute Gasteiger partial charge is 0.374 e. The standard InChI is InChI=1S/C22H30N6OS/c1-5-27(11-10-26(3)4)21(29)17-14-24-28(20(17)16-8-9-16)22-23-13-15(2)19(25-22)18-7-6-12-30-18/h6-7,12-14,16,21,29H,5,8-11H2,1-4H3. The molecule has 1 unspecified atom stereocenters. The Labute approximate surface area is 182 Å². The maximum Gasteiger partial charge on any atom is 0.251 e. The predicted octanol–water partition coefficient (Wildman–Crippen LogP) is 3.45. The minimum atomic E-state index is -0.679. The number of rotatable bonds is 9. The van der Waals surface area contributed by atoms with Crippen LogP contribution in [0, 0.1) is 6.92 Å². The molecule has 0 aromatic carbocycles. The summed E-state index contributed by atoms with van der Waals surface area (Å²) in [4.78, 5) is 14.8. The van der Waals surface area contributed by atoms with Gasteiger partial charge in [0, 0.05) is 30.8 Å². The SMILES string of the molecule is CCN(CCN(C)C)C(O)c1cnn(-c2ncc(C)c(-c3cccs3)n2)c1C1CC1. The molecule has 0 amide bonds. The van der Waals surface area contributed by atoms with Crippen molar-refractivity contribution in [2.45, 2.75) is 38.8 Å². The number of aliphatic hydroxyl groups is 1. The summed E-state index contributed by atoms with van der Waals surface area (Å²) < 4.78 is 1.84. The number of aromatic nitrogens is 4. The first-order chi connectivity index (χ1) is 14.5. The van der Waals surface area contributed by atoms with Crippen LogP contribution in [0.1, 0.15) is 48.7 Å². The minimum absolute atomic E-state index is 0.403. The lowest BCUT2D eigenvalue weighted by Crippen LogP contribution is -2.35. The molecule has 0 radical (unpaired) electrons. The number of hydrogen-bond acceptors (Lipinski definition) is 7. The zero-order valence-electron chi connectivity index (χ0n) is 18.1. The Morgan fingerprint density at radius 1 is 1.27 bits per heavy atom. The van der Waals surface area contributed by atoms with Crippen LogP contribution in [-0.4, -0.2) is 68.4 Å². The van der Waals surface area contributed by atoms with E-state index in [1.165, 1.54) is 0 Å². The minimum Gasteiger partial charge on any atom is -0.374 e. The summed E-state index contributed by atoms with van der Waals surface area (Å²) in [7, 11) is 4.10. The van der Waals surface area contributed by atoms with E-state index in [0.29, 0.717) is 11.9 Å². The van der Waals surface area contributed by atoms with Crippen molar-refractivity contribution in [2.75, 3.05) is 33.7 Å². The molecule has 30 heavy (non-hydrogen) atoms. The van der Waals surface area contributed by atoms with Crippen LogP contribution in [0.25, 0.3) is 16.5 Å². The summed E-state index contributed by atoms with van der Waals surface area (Å²) in [5.41, 5.74) is 3.91. The summed E-state index contributed by atoms with van der Waals surface area (Å²) >= 11 is 1.67. The highest BCUT2D eigenvalue weighted by molar-refractivity contribution is 7.13. The summed E-state index contributed by atoms with van der Waals surface area (Å²) in [6.45, 7) is 6.57. The molecule has 1 fully saturated rings. The second-order valence-corrected chi connectivity index (χ2v) is 9.10. The van der Waals surface area contributed by atoms with Crippen LogP contribution in [0.15, 0.2) is 29.9 Å². The van der Waals surface area contributed by atoms with E-state index in [2.05, 4.69) is 38.3 Å². The molecule has 0 aliphatic heterocycles. The lowest BCUT2D eigenvalue weighted by atomic mass is 10.1. The van der Waals surface area contributed by atoms with Gasteiger partial charge in [0.25, 0.3) is 5.95 Å². The van der Waals surface area contributed by atoms with Gasteiger partial charge < -0.3 is 10.0 Å². The molecule has 1 aliphatic carbocycles. The van der Waals surface area contributed by atoms with Crippen LogP contribution >= 0.6 is 11.3 Å². The molecule has 3 heterocycles. The van der Waals surface area contributed by atoms with E-state index < -0.39 is 6.23 Å². The molecule has 160 valence electrons. The number of nitrogens with zero attached hydrogens (tertiary/aromatic N) is 6. The third kappa shape index (κ3) is 4.32. The molecule has 3 aromatic rings. The van der Waals surface area contributed by atoms with Gasteiger partial charge in [0.05, 0.1) is 22.5 Å². The van der Waals surface area contributed by atoms with Crippen molar-refractivity contribution in [2.24, 2.45) is 0 Å². The van der Waals surface area contributed by atoms with Gasteiger partial charge in [-0.3, -0.25) is 4.90 Å². The highest BCUT2D eigenvalue weighted by Crippen LogP contribution is 2.44. The van der Waals surface area contributed by atoms with Crippen LogP contribution in [0.3, 0.4) is 0 Å². The monoisotopic (exact) mass is 426 g/mol. The zero-order chi connectivity index (χ0) is 21.3. The molecule has 1 aliphatic rings. The third-order valence-electron chi connectivity index (χ3n) is 5.57. The van der Waals surface area contributed by atoms with Crippen molar-refractivity contribution in [3.63, 3.8) is 0 Å². The van der Waals surface area contributed by atoms with Crippen molar-refractivity contribution in [1.82, 2.24) is 29.5 Å². The second kappa shape index (κ2) is 8.93. The van der Waals surface area contributed by atoms with Gasteiger partial charge >= 0.3 is 0 Å². The van der Waals surface area contributed by atoms with Gasteiger partial charge in [-0.15, -0.1) is 11.3 Å². The lowest BCUT2D eigenvalue weighted by Gasteiger charge is -2.28. The molecule has 0 bridgehead atoms. The molecule has 1 N–H and O–H groups in total.